The number of hydrogen-bond acceptors (Lipinski definition) is 2. The van der Waals surface area contributed by atoms with E-state index >= 15 is 0 Å². The Morgan fingerprint density at radius 2 is 1.84 bits per heavy atom. The van der Waals surface area contributed by atoms with Crippen molar-refractivity contribution in [1.29, 1.82) is 0 Å². The summed E-state index contributed by atoms with van der Waals surface area (Å²) in [6.45, 7) is 5.83. The average molecular weight is 263 g/mol. The maximum atomic E-state index is 5.95. The minimum absolute atomic E-state index is 0.350. The molecule has 108 valence electrons. The maximum Gasteiger partial charge on any atom is 0.0723 e. The largest absolute Gasteiger partial charge is 0.374 e. The third kappa shape index (κ3) is 6.74. The molecule has 0 aliphatic rings. The molecule has 2 N–H and O–H groups in total. The van der Waals surface area contributed by atoms with Gasteiger partial charge in [0.05, 0.1) is 12.7 Å². The Labute approximate surface area is 118 Å². The Bertz CT molecular complexity index is 338. The summed E-state index contributed by atoms with van der Waals surface area (Å²) in [4.78, 5) is 0. The van der Waals surface area contributed by atoms with Gasteiger partial charge in [-0.2, -0.15) is 0 Å². The summed E-state index contributed by atoms with van der Waals surface area (Å²) in [6.07, 6.45) is 7.69. The molecule has 0 aliphatic carbocycles. The Morgan fingerprint density at radius 3 is 2.53 bits per heavy atom. The molecule has 0 bridgehead atoms. The first-order valence-electron chi connectivity index (χ1n) is 7.66. The second kappa shape index (κ2) is 9.99. The standard InChI is InChI=1S/C17H29NO/c1-3-4-5-6-9-15(2)19-14-17-11-8-7-10-16(17)12-13-18/h7-8,10-11,15H,3-6,9,12-14,18H2,1-2H3. The summed E-state index contributed by atoms with van der Waals surface area (Å²) in [6, 6.07) is 8.44. The molecule has 0 aliphatic heterocycles. The van der Waals surface area contributed by atoms with Crippen molar-refractivity contribution >= 4 is 0 Å². The lowest BCUT2D eigenvalue weighted by molar-refractivity contribution is 0.0455. The van der Waals surface area contributed by atoms with Crippen molar-refractivity contribution in [1.82, 2.24) is 0 Å². The molecule has 2 nitrogen and oxygen atoms in total. The summed E-state index contributed by atoms with van der Waals surface area (Å²) in [5.74, 6) is 0. The van der Waals surface area contributed by atoms with Crippen molar-refractivity contribution in [3.05, 3.63) is 35.4 Å². The summed E-state index contributed by atoms with van der Waals surface area (Å²) < 4.78 is 5.95. The predicted molar refractivity (Wildman–Crippen MR) is 82.2 cm³/mol. The Hall–Kier alpha value is -0.860. The van der Waals surface area contributed by atoms with Crippen LogP contribution in [0.1, 0.15) is 57.1 Å². The van der Waals surface area contributed by atoms with Crippen molar-refractivity contribution in [2.75, 3.05) is 6.54 Å². The fourth-order valence-corrected chi connectivity index (χ4v) is 2.27. The smallest absolute Gasteiger partial charge is 0.0723 e. The van der Waals surface area contributed by atoms with Crippen LogP contribution in [0.2, 0.25) is 0 Å². The molecular weight excluding hydrogens is 234 g/mol. The molecular formula is C17H29NO. The van der Waals surface area contributed by atoms with E-state index in [1.807, 2.05) is 0 Å². The molecule has 2 heteroatoms. The van der Waals surface area contributed by atoms with Crippen molar-refractivity contribution in [2.45, 2.75) is 65.1 Å². The monoisotopic (exact) mass is 263 g/mol. The van der Waals surface area contributed by atoms with Gasteiger partial charge in [-0.1, -0.05) is 56.9 Å². The number of rotatable bonds is 10. The van der Waals surface area contributed by atoms with Gasteiger partial charge in [-0.05, 0) is 37.4 Å². The average Bonchev–Trinajstić information content (AvgIpc) is 2.43. The van der Waals surface area contributed by atoms with Gasteiger partial charge in [0.25, 0.3) is 0 Å². The predicted octanol–water partition coefficient (Wildman–Crippen LogP) is 4.06. The van der Waals surface area contributed by atoms with Gasteiger partial charge >= 0.3 is 0 Å². The Morgan fingerprint density at radius 1 is 1.11 bits per heavy atom. The van der Waals surface area contributed by atoms with Crippen LogP contribution in [0.25, 0.3) is 0 Å². The zero-order valence-electron chi connectivity index (χ0n) is 12.5. The number of nitrogens with two attached hydrogens (primary N) is 1. The van der Waals surface area contributed by atoms with E-state index in [1.165, 1.54) is 43.2 Å². The molecule has 19 heavy (non-hydrogen) atoms. The van der Waals surface area contributed by atoms with Gasteiger partial charge in [0, 0.05) is 0 Å². The van der Waals surface area contributed by atoms with Crippen LogP contribution in [0, 0.1) is 0 Å². The molecule has 1 aromatic carbocycles. The number of benzene rings is 1. The van der Waals surface area contributed by atoms with Crippen LogP contribution in [0.5, 0.6) is 0 Å². The molecule has 0 radical (unpaired) electrons. The number of hydrogen-bond donors (Lipinski definition) is 1. The van der Waals surface area contributed by atoms with Gasteiger partial charge in [0.15, 0.2) is 0 Å². The first-order valence-corrected chi connectivity index (χ1v) is 7.66. The summed E-state index contributed by atoms with van der Waals surface area (Å²) in [5, 5.41) is 0. The molecule has 0 fully saturated rings. The summed E-state index contributed by atoms with van der Waals surface area (Å²) in [7, 11) is 0. The van der Waals surface area contributed by atoms with E-state index in [9.17, 15) is 0 Å². The molecule has 0 spiro atoms. The van der Waals surface area contributed by atoms with Crippen LogP contribution in [0.4, 0.5) is 0 Å². The highest BCUT2D eigenvalue weighted by molar-refractivity contribution is 5.26. The van der Waals surface area contributed by atoms with Crippen LogP contribution in [0.15, 0.2) is 24.3 Å². The van der Waals surface area contributed by atoms with Crippen molar-refractivity contribution in [2.24, 2.45) is 5.73 Å². The molecule has 0 amide bonds. The second-order valence-corrected chi connectivity index (χ2v) is 5.28. The molecule has 0 aromatic heterocycles. The van der Waals surface area contributed by atoms with Crippen molar-refractivity contribution in [3.63, 3.8) is 0 Å². The van der Waals surface area contributed by atoms with Gasteiger partial charge in [-0.25, -0.2) is 0 Å². The zero-order chi connectivity index (χ0) is 13.9. The highest BCUT2D eigenvalue weighted by Crippen LogP contribution is 2.14. The molecule has 1 unspecified atom stereocenters. The number of ether oxygens (including phenoxy) is 1. The topological polar surface area (TPSA) is 35.2 Å². The summed E-state index contributed by atoms with van der Waals surface area (Å²) in [5.41, 5.74) is 8.25. The zero-order valence-corrected chi connectivity index (χ0v) is 12.5. The molecule has 0 saturated heterocycles. The van der Waals surface area contributed by atoms with Gasteiger partial charge in [-0.3, -0.25) is 0 Å². The van der Waals surface area contributed by atoms with Crippen LogP contribution >= 0.6 is 0 Å². The highest BCUT2D eigenvalue weighted by atomic mass is 16.5. The van der Waals surface area contributed by atoms with Crippen LogP contribution < -0.4 is 5.73 Å². The quantitative estimate of drug-likeness (QED) is 0.646. The fraction of sp³-hybridized carbons (Fsp3) is 0.647. The molecule has 1 atom stereocenters. The van der Waals surface area contributed by atoms with E-state index in [-0.39, 0.29) is 0 Å². The van der Waals surface area contributed by atoms with E-state index in [0.717, 1.165) is 6.42 Å². The van der Waals surface area contributed by atoms with E-state index in [2.05, 4.69) is 38.1 Å². The van der Waals surface area contributed by atoms with Crippen molar-refractivity contribution in [3.8, 4) is 0 Å². The fourth-order valence-electron chi connectivity index (χ4n) is 2.27. The first-order chi connectivity index (χ1) is 9.27. The molecule has 0 heterocycles. The minimum atomic E-state index is 0.350. The lowest BCUT2D eigenvalue weighted by atomic mass is 10.1. The SMILES string of the molecule is CCCCCCC(C)OCc1ccccc1CCN. The lowest BCUT2D eigenvalue weighted by Gasteiger charge is -2.15. The first kappa shape index (κ1) is 16.2. The maximum absolute atomic E-state index is 5.95. The van der Waals surface area contributed by atoms with E-state index in [4.69, 9.17) is 10.5 Å². The Balaban J connectivity index is 2.31. The van der Waals surface area contributed by atoms with Crippen LogP contribution in [0.3, 0.4) is 0 Å². The third-order valence-electron chi connectivity index (χ3n) is 3.52. The van der Waals surface area contributed by atoms with Crippen LogP contribution in [-0.2, 0) is 17.8 Å². The van der Waals surface area contributed by atoms with Gasteiger partial charge in [-0.15, -0.1) is 0 Å². The van der Waals surface area contributed by atoms with E-state index in [0.29, 0.717) is 19.3 Å². The Kier molecular flexibility index (Phi) is 8.52. The molecule has 1 rings (SSSR count). The normalized spacial score (nSPS) is 12.6. The van der Waals surface area contributed by atoms with Gasteiger partial charge < -0.3 is 10.5 Å². The highest BCUT2D eigenvalue weighted by Gasteiger charge is 2.05. The lowest BCUT2D eigenvalue weighted by Crippen LogP contribution is -2.10. The van der Waals surface area contributed by atoms with Gasteiger partial charge in [0.2, 0.25) is 0 Å². The third-order valence-corrected chi connectivity index (χ3v) is 3.52. The van der Waals surface area contributed by atoms with Crippen LogP contribution in [-0.4, -0.2) is 12.6 Å². The van der Waals surface area contributed by atoms with E-state index < -0.39 is 0 Å². The second-order valence-electron chi connectivity index (χ2n) is 5.28. The molecule has 1 aromatic rings. The van der Waals surface area contributed by atoms with Gasteiger partial charge in [0.1, 0.15) is 0 Å². The summed E-state index contributed by atoms with van der Waals surface area (Å²) >= 11 is 0. The van der Waals surface area contributed by atoms with E-state index in [1.54, 1.807) is 0 Å². The van der Waals surface area contributed by atoms with Crippen molar-refractivity contribution < 1.29 is 4.74 Å². The minimum Gasteiger partial charge on any atom is -0.374 e. The number of unbranched alkanes of at least 4 members (excludes halogenated alkanes) is 3. The molecule has 0 saturated carbocycles.